The van der Waals surface area contributed by atoms with Crippen molar-refractivity contribution >= 4 is 22.9 Å². The van der Waals surface area contributed by atoms with Crippen molar-refractivity contribution in [3.63, 3.8) is 0 Å². The molecule has 0 aliphatic carbocycles. The number of rotatable bonds is 10. The first-order valence-corrected chi connectivity index (χ1v) is 13.5. The van der Waals surface area contributed by atoms with Crippen molar-refractivity contribution in [1.29, 1.82) is 0 Å². The largest absolute Gasteiger partial charge is 0.493 e. The Hall–Kier alpha value is -3.27. The molecular formula is C29H35N3O5S. The first-order chi connectivity index (χ1) is 18.2. The summed E-state index contributed by atoms with van der Waals surface area (Å²) in [6.07, 6.45) is 4.88. The van der Waals surface area contributed by atoms with Crippen molar-refractivity contribution in [1.82, 2.24) is 15.3 Å². The number of hydrogen-bond donors (Lipinski definition) is 3. The van der Waals surface area contributed by atoms with Crippen molar-refractivity contribution in [2.24, 2.45) is 0 Å². The molecule has 4 rings (SSSR count). The van der Waals surface area contributed by atoms with Crippen molar-refractivity contribution in [3.05, 3.63) is 89.0 Å². The van der Waals surface area contributed by atoms with E-state index in [0.29, 0.717) is 31.8 Å². The van der Waals surface area contributed by atoms with E-state index in [4.69, 9.17) is 9.84 Å². The molecule has 1 aromatic carbocycles. The molecule has 2 amide bonds. The number of aliphatic hydroxyl groups is 2. The molecule has 3 aromatic rings. The summed E-state index contributed by atoms with van der Waals surface area (Å²) in [4.78, 5) is 31.3. The molecule has 0 saturated carbocycles. The number of benzene rings is 1. The normalized spacial score (nSPS) is 15.6. The van der Waals surface area contributed by atoms with E-state index in [0.717, 1.165) is 40.0 Å². The van der Waals surface area contributed by atoms with Gasteiger partial charge in [0, 0.05) is 43.2 Å². The third-order valence-electron chi connectivity index (χ3n) is 5.95. The van der Waals surface area contributed by atoms with Crippen molar-refractivity contribution in [2.75, 3.05) is 13.2 Å². The van der Waals surface area contributed by atoms with Gasteiger partial charge in [-0.3, -0.25) is 24.9 Å². The summed E-state index contributed by atoms with van der Waals surface area (Å²) in [6, 6.07) is 15.3. The highest BCUT2D eigenvalue weighted by atomic mass is 32.2. The number of pyridine rings is 2. The summed E-state index contributed by atoms with van der Waals surface area (Å²) in [5, 5.41) is 19.8. The smallest absolute Gasteiger partial charge is 0.286 e. The lowest BCUT2D eigenvalue weighted by molar-refractivity contribution is -0.118. The molecule has 0 spiro atoms. The Bertz CT molecular complexity index is 1170. The number of carbonyl (C=O) groups excluding carboxylic acids is 2. The van der Waals surface area contributed by atoms with Crippen LogP contribution < -0.4 is 10.1 Å². The molecule has 9 heteroatoms. The lowest BCUT2D eigenvalue weighted by Crippen LogP contribution is -2.25. The van der Waals surface area contributed by atoms with Crippen LogP contribution in [0.5, 0.6) is 5.75 Å². The standard InChI is InChI=1S/C19H20N2O4S.C10H15NO/c1-12(22)14-4-5-15(20-11-14)8-9-25-16-6-2-13(3-7-16)10-17-18(23)21-19(24)26-17;1-8(2)9-3-4-10(5-6-12)11-7-9/h2-7,11-12,17,22H,8-10H2,1H3,(H,21,23,24);3-4,7-8,12H,5-6H2,1-2H3. The van der Waals surface area contributed by atoms with E-state index in [9.17, 15) is 14.7 Å². The van der Waals surface area contributed by atoms with Gasteiger partial charge in [0.05, 0.1) is 18.0 Å². The Morgan fingerprint density at radius 3 is 2.05 bits per heavy atom. The van der Waals surface area contributed by atoms with Gasteiger partial charge in [0.25, 0.3) is 5.24 Å². The highest BCUT2D eigenvalue weighted by molar-refractivity contribution is 8.15. The molecule has 3 heterocycles. The highest BCUT2D eigenvalue weighted by Crippen LogP contribution is 2.24. The lowest BCUT2D eigenvalue weighted by atomic mass is 10.1. The molecule has 1 aliphatic heterocycles. The molecular weight excluding hydrogens is 502 g/mol. The average Bonchev–Trinajstić information content (AvgIpc) is 3.22. The zero-order chi connectivity index (χ0) is 27.5. The molecule has 38 heavy (non-hydrogen) atoms. The Kier molecular flexibility index (Phi) is 11.3. The number of aromatic nitrogens is 2. The monoisotopic (exact) mass is 537 g/mol. The van der Waals surface area contributed by atoms with Crippen molar-refractivity contribution in [2.45, 2.75) is 57.3 Å². The summed E-state index contributed by atoms with van der Waals surface area (Å²) in [6.45, 7) is 6.66. The summed E-state index contributed by atoms with van der Waals surface area (Å²) in [5.74, 6) is 1.05. The second-order valence-corrected chi connectivity index (χ2v) is 10.5. The Morgan fingerprint density at radius 1 is 0.921 bits per heavy atom. The minimum absolute atomic E-state index is 0.175. The van der Waals surface area contributed by atoms with E-state index in [2.05, 4.69) is 35.2 Å². The van der Waals surface area contributed by atoms with Crippen LogP contribution in [0.1, 0.15) is 60.9 Å². The van der Waals surface area contributed by atoms with E-state index in [-0.39, 0.29) is 23.0 Å². The first-order valence-electron chi connectivity index (χ1n) is 12.7. The van der Waals surface area contributed by atoms with Crippen LogP contribution in [0, 0.1) is 0 Å². The molecule has 1 aliphatic rings. The fourth-order valence-electron chi connectivity index (χ4n) is 3.61. The summed E-state index contributed by atoms with van der Waals surface area (Å²) in [7, 11) is 0. The van der Waals surface area contributed by atoms with Gasteiger partial charge in [-0.15, -0.1) is 0 Å². The van der Waals surface area contributed by atoms with E-state index in [1.165, 1.54) is 5.56 Å². The molecule has 2 aromatic heterocycles. The van der Waals surface area contributed by atoms with E-state index >= 15 is 0 Å². The van der Waals surface area contributed by atoms with Crippen molar-refractivity contribution < 1.29 is 24.5 Å². The van der Waals surface area contributed by atoms with Crippen LogP contribution in [-0.2, 0) is 24.1 Å². The van der Waals surface area contributed by atoms with Gasteiger partial charge >= 0.3 is 0 Å². The average molecular weight is 538 g/mol. The summed E-state index contributed by atoms with van der Waals surface area (Å²) < 4.78 is 5.72. The van der Waals surface area contributed by atoms with Gasteiger partial charge in [-0.2, -0.15) is 0 Å². The molecule has 2 unspecified atom stereocenters. The van der Waals surface area contributed by atoms with Gasteiger partial charge in [-0.1, -0.05) is 49.9 Å². The first kappa shape index (κ1) is 29.3. The van der Waals surface area contributed by atoms with Crippen LogP contribution in [-0.4, -0.2) is 49.8 Å². The van der Waals surface area contributed by atoms with Crippen LogP contribution in [0.25, 0.3) is 0 Å². The lowest BCUT2D eigenvalue weighted by Gasteiger charge is -2.09. The number of carbonyl (C=O) groups is 2. The van der Waals surface area contributed by atoms with Crippen LogP contribution in [0.4, 0.5) is 4.79 Å². The molecule has 8 nitrogen and oxygen atoms in total. The maximum Gasteiger partial charge on any atom is 0.286 e. The number of nitrogens with one attached hydrogen (secondary N) is 1. The van der Waals surface area contributed by atoms with E-state index in [1.54, 1.807) is 13.1 Å². The summed E-state index contributed by atoms with van der Waals surface area (Å²) in [5.41, 5.74) is 4.88. The predicted molar refractivity (Wildman–Crippen MR) is 148 cm³/mol. The Balaban J connectivity index is 0.000000279. The zero-order valence-electron chi connectivity index (χ0n) is 22.0. The molecule has 202 valence electrons. The molecule has 2 atom stereocenters. The Labute approximate surface area is 227 Å². The fraction of sp³-hybridized carbons (Fsp3) is 0.379. The Morgan fingerprint density at radius 2 is 1.55 bits per heavy atom. The van der Waals surface area contributed by atoms with Crippen LogP contribution in [0.2, 0.25) is 0 Å². The maximum absolute atomic E-state index is 11.6. The number of aliphatic hydroxyl groups excluding tert-OH is 2. The van der Waals surface area contributed by atoms with Gasteiger partial charge in [0.1, 0.15) is 5.75 Å². The van der Waals surface area contributed by atoms with E-state index < -0.39 is 6.10 Å². The zero-order valence-corrected chi connectivity index (χ0v) is 22.8. The van der Waals surface area contributed by atoms with E-state index in [1.807, 2.05) is 48.7 Å². The number of imide groups is 1. The number of hydrogen-bond acceptors (Lipinski definition) is 8. The van der Waals surface area contributed by atoms with Gasteiger partial charge in [-0.25, -0.2) is 0 Å². The molecule has 1 fully saturated rings. The topological polar surface area (TPSA) is 122 Å². The van der Waals surface area contributed by atoms with Gasteiger partial charge in [-0.05, 0) is 60.2 Å². The number of ether oxygens (including phenoxy) is 1. The second kappa shape index (κ2) is 14.6. The van der Waals surface area contributed by atoms with Crippen LogP contribution in [0.3, 0.4) is 0 Å². The highest BCUT2D eigenvalue weighted by Gasteiger charge is 2.31. The predicted octanol–water partition coefficient (Wildman–Crippen LogP) is 4.39. The molecule has 1 saturated heterocycles. The minimum Gasteiger partial charge on any atom is -0.493 e. The third kappa shape index (κ3) is 9.24. The number of nitrogens with zero attached hydrogens (tertiary/aromatic N) is 2. The maximum atomic E-state index is 11.6. The third-order valence-corrected chi connectivity index (χ3v) is 6.93. The van der Waals surface area contributed by atoms with Gasteiger partial charge < -0.3 is 14.9 Å². The van der Waals surface area contributed by atoms with Gasteiger partial charge in [0.15, 0.2) is 0 Å². The quantitative estimate of drug-likeness (QED) is 0.348. The second-order valence-electron chi connectivity index (χ2n) is 9.30. The minimum atomic E-state index is -0.516. The number of thioether (sulfide) groups is 1. The molecule has 3 N–H and O–H groups in total. The van der Waals surface area contributed by atoms with Crippen molar-refractivity contribution in [3.8, 4) is 5.75 Å². The van der Waals surface area contributed by atoms with Crippen LogP contribution in [0.15, 0.2) is 60.9 Å². The molecule has 0 bridgehead atoms. The summed E-state index contributed by atoms with van der Waals surface area (Å²) >= 11 is 1.03. The number of amides is 2. The molecule has 0 radical (unpaired) electrons. The SMILES string of the molecule is CC(C)c1ccc(CCO)nc1.CC(O)c1ccc(CCOc2ccc(CC3SC(=O)NC3=O)cc2)nc1. The van der Waals surface area contributed by atoms with Gasteiger partial charge in [0.2, 0.25) is 5.91 Å². The fourth-order valence-corrected chi connectivity index (χ4v) is 4.47. The van der Waals surface area contributed by atoms with Crippen LogP contribution >= 0.6 is 11.8 Å².